The predicted molar refractivity (Wildman–Crippen MR) is 117 cm³/mol. The van der Waals surface area contributed by atoms with Gasteiger partial charge < -0.3 is 20.3 Å². The van der Waals surface area contributed by atoms with E-state index in [-0.39, 0.29) is 36.3 Å². The minimum atomic E-state index is -0.532. The third kappa shape index (κ3) is 4.90. The average molecular weight is 429 g/mol. The fourth-order valence-electron chi connectivity index (χ4n) is 3.85. The van der Waals surface area contributed by atoms with Crippen molar-refractivity contribution in [1.29, 1.82) is 0 Å². The Morgan fingerprint density at radius 2 is 1.90 bits per heavy atom. The number of likely N-dealkylation sites (N-methyl/N-ethyl adjacent to an activating group) is 1. The third-order valence-electron chi connectivity index (χ3n) is 5.73. The van der Waals surface area contributed by atoms with Crippen molar-refractivity contribution in [2.75, 3.05) is 40.4 Å². The van der Waals surface area contributed by atoms with Crippen molar-refractivity contribution >= 4 is 17.8 Å². The average Bonchev–Trinajstić information content (AvgIpc) is 3.04. The number of methoxy groups -OCH3 is 1. The van der Waals surface area contributed by atoms with Crippen LogP contribution in [0.1, 0.15) is 44.4 Å². The SMILES string of the molecule is COCCCNC(=O)CN1CC2=C(C1=O)C(c1ccc(C(C)(C)C)cc1)NC(=O)N2C. The van der Waals surface area contributed by atoms with Crippen molar-refractivity contribution < 1.29 is 19.1 Å². The summed E-state index contributed by atoms with van der Waals surface area (Å²) in [7, 11) is 3.25. The zero-order valence-corrected chi connectivity index (χ0v) is 18.9. The molecule has 8 nitrogen and oxygen atoms in total. The lowest BCUT2D eigenvalue weighted by Gasteiger charge is -2.31. The molecular weight excluding hydrogens is 396 g/mol. The lowest BCUT2D eigenvalue weighted by atomic mass is 9.85. The van der Waals surface area contributed by atoms with Crippen molar-refractivity contribution in [2.24, 2.45) is 0 Å². The zero-order valence-electron chi connectivity index (χ0n) is 18.9. The number of amides is 4. The van der Waals surface area contributed by atoms with E-state index in [0.29, 0.717) is 30.8 Å². The molecule has 1 unspecified atom stereocenters. The van der Waals surface area contributed by atoms with Crippen LogP contribution in [0.5, 0.6) is 0 Å². The number of hydrogen-bond acceptors (Lipinski definition) is 4. The number of hydrogen-bond donors (Lipinski definition) is 2. The highest BCUT2D eigenvalue weighted by Crippen LogP contribution is 2.36. The van der Waals surface area contributed by atoms with E-state index in [9.17, 15) is 14.4 Å². The van der Waals surface area contributed by atoms with Crippen molar-refractivity contribution in [3.63, 3.8) is 0 Å². The van der Waals surface area contributed by atoms with Gasteiger partial charge >= 0.3 is 6.03 Å². The maximum atomic E-state index is 13.2. The van der Waals surface area contributed by atoms with Crippen LogP contribution in [0.3, 0.4) is 0 Å². The van der Waals surface area contributed by atoms with E-state index >= 15 is 0 Å². The van der Waals surface area contributed by atoms with Gasteiger partial charge in [-0.1, -0.05) is 45.0 Å². The van der Waals surface area contributed by atoms with Gasteiger partial charge in [-0.3, -0.25) is 14.5 Å². The molecule has 4 amide bonds. The van der Waals surface area contributed by atoms with Gasteiger partial charge in [-0.05, 0) is 23.0 Å². The number of nitrogens with zero attached hydrogens (tertiary/aromatic N) is 2. The van der Waals surface area contributed by atoms with Crippen LogP contribution in [0.4, 0.5) is 4.79 Å². The maximum absolute atomic E-state index is 13.2. The Bertz CT molecular complexity index is 886. The second kappa shape index (κ2) is 9.09. The summed E-state index contributed by atoms with van der Waals surface area (Å²) in [6, 6.07) is 7.19. The van der Waals surface area contributed by atoms with Crippen molar-refractivity contribution in [1.82, 2.24) is 20.4 Å². The summed E-state index contributed by atoms with van der Waals surface area (Å²) in [6.07, 6.45) is 0.707. The number of nitrogens with one attached hydrogen (secondary N) is 2. The van der Waals surface area contributed by atoms with Gasteiger partial charge in [-0.15, -0.1) is 0 Å². The molecule has 0 saturated carbocycles. The number of rotatable bonds is 7. The molecule has 8 heteroatoms. The largest absolute Gasteiger partial charge is 0.385 e. The van der Waals surface area contributed by atoms with E-state index in [2.05, 4.69) is 31.4 Å². The normalized spacial score (nSPS) is 18.9. The molecule has 0 saturated heterocycles. The van der Waals surface area contributed by atoms with Gasteiger partial charge in [0.1, 0.15) is 6.54 Å². The lowest BCUT2D eigenvalue weighted by molar-refractivity contribution is -0.131. The van der Waals surface area contributed by atoms with Gasteiger partial charge in [0.25, 0.3) is 5.91 Å². The molecule has 2 aliphatic rings. The van der Waals surface area contributed by atoms with E-state index in [1.807, 2.05) is 24.3 Å². The van der Waals surface area contributed by atoms with Gasteiger partial charge in [0.15, 0.2) is 0 Å². The first-order valence-electron chi connectivity index (χ1n) is 10.6. The quantitative estimate of drug-likeness (QED) is 0.650. The van der Waals surface area contributed by atoms with Gasteiger partial charge in [0, 0.05) is 27.3 Å². The highest BCUT2D eigenvalue weighted by atomic mass is 16.5. The summed E-state index contributed by atoms with van der Waals surface area (Å²) in [6.45, 7) is 7.66. The molecule has 1 aromatic carbocycles. The maximum Gasteiger partial charge on any atom is 0.322 e. The minimum Gasteiger partial charge on any atom is -0.385 e. The van der Waals surface area contributed by atoms with Gasteiger partial charge in [0.2, 0.25) is 5.91 Å². The van der Waals surface area contributed by atoms with E-state index in [1.54, 1.807) is 14.2 Å². The Morgan fingerprint density at radius 1 is 1.23 bits per heavy atom. The molecular formula is C23H32N4O4. The van der Waals surface area contributed by atoms with Crippen LogP contribution >= 0.6 is 0 Å². The molecule has 0 bridgehead atoms. The molecule has 31 heavy (non-hydrogen) atoms. The van der Waals surface area contributed by atoms with Gasteiger partial charge in [-0.25, -0.2) is 4.79 Å². The van der Waals surface area contributed by atoms with Crippen LogP contribution in [0, 0.1) is 0 Å². The fraction of sp³-hybridized carbons (Fsp3) is 0.522. The molecule has 0 spiro atoms. The van der Waals surface area contributed by atoms with Crippen molar-refractivity contribution in [3.05, 3.63) is 46.7 Å². The second-order valence-corrected chi connectivity index (χ2v) is 9.03. The highest BCUT2D eigenvalue weighted by molar-refractivity contribution is 6.02. The molecule has 0 radical (unpaired) electrons. The Hall–Kier alpha value is -2.87. The number of urea groups is 1. The fourth-order valence-corrected chi connectivity index (χ4v) is 3.85. The van der Waals surface area contributed by atoms with E-state index in [4.69, 9.17) is 4.74 Å². The molecule has 2 aliphatic heterocycles. The highest BCUT2D eigenvalue weighted by Gasteiger charge is 2.43. The Morgan fingerprint density at radius 3 is 2.52 bits per heavy atom. The summed E-state index contributed by atoms with van der Waals surface area (Å²) in [5, 5.41) is 5.73. The molecule has 2 heterocycles. The first kappa shape index (κ1) is 22.8. The van der Waals surface area contributed by atoms with Crippen LogP contribution in [-0.4, -0.2) is 68.0 Å². The Kier molecular flexibility index (Phi) is 6.69. The Balaban J connectivity index is 1.77. The number of benzene rings is 1. The molecule has 0 aromatic heterocycles. The molecule has 3 rings (SSSR count). The van der Waals surface area contributed by atoms with E-state index in [1.165, 1.54) is 15.4 Å². The van der Waals surface area contributed by atoms with Crippen molar-refractivity contribution in [2.45, 2.75) is 38.6 Å². The van der Waals surface area contributed by atoms with Gasteiger partial charge in [0.05, 0.1) is 23.9 Å². The standard InChI is InChI=1S/C23H32N4O4/c1-23(2,3)16-9-7-15(8-10-16)20-19-17(26(4)22(30)25-20)13-27(21(19)29)14-18(28)24-11-6-12-31-5/h7-10,20H,6,11-14H2,1-5H3,(H,24,28)(H,25,30). The van der Waals surface area contributed by atoms with Crippen LogP contribution in [-0.2, 0) is 19.7 Å². The predicted octanol–water partition coefficient (Wildman–Crippen LogP) is 1.93. The molecule has 0 aliphatic carbocycles. The van der Waals surface area contributed by atoms with E-state index in [0.717, 1.165) is 5.56 Å². The molecule has 1 aromatic rings. The molecule has 168 valence electrons. The molecule has 0 fully saturated rings. The van der Waals surface area contributed by atoms with Crippen LogP contribution in [0.15, 0.2) is 35.5 Å². The van der Waals surface area contributed by atoms with Crippen LogP contribution in [0.25, 0.3) is 0 Å². The van der Waals surface area contributed by atoms with Crippen molar-refractivity contribution in [3.8, 4) is 0 Å². The second-order valence-electron chi connectivity index (χ2n) is 9.03. The Labute approximate surface area is 183 Å². The third-order valence-corrected chi connectivity index (χ3v) is 5.73. The smallest absolute Gasteiger partial charge is 0.322 e. The summed E-state index contributed by atoms with van der Waals surface area (Å²) < 4.78 is 4.97. The lowest BCUT2D eigenvalue weighted by Crippen LogP contribution is -2.45. The summed E-state index contributed by atoms with van der Waals surface area (Å²) in [5.74, 6) is -0.448. The number of carbonyl (C=O) groups excluding carboxylic acids is 3. The summed E-state index contributed by atoms with van der Waals surface area (Å²) >= 11 is 0. The summed E-state index contributed by atoms with van der Waals surface area (Å²) in [4.78, 5) is 41.0. The number of ether oxygens (including phenoxy) is 1. The first-order valence-corrected chi connectivity index (χ1v) is 10.6. The van der Waals surface area contributed by atoms with Gasteiger partial charge in [-0.2, -0.15) is 0 Å². The van der Waals surface area contributed by atoms with Crippen LogP contribution in [0.2, 0.25) is 0 Å². The topological polar surface area (TPSA) is 91.0 Å². The summed E-state index contributed by atoms with van der Waals surface area (Å²) in [5.41, 5.74) is 3.20. The first-order chi connectivity index (χ1) is 14.6. The molecule has 2 N–H and O–H groups in total. The monoisotopic (exact) mass is 428 g/mol. The van der Waals surface area contributed by atoms with E-state index < -0.39 is 6.04 Å². The minimum absolute atomic E-state index is 0.00951. The number of carbonyl (C=O) groups is 3. The van der Waals surface area contributed by atoms with Crippen LogP contribution < -0.4 is 10.6 Å². The molecule has 1 atom stereocenters. The zero-order chi connectivity index (χ0) is 22.8.